The number of halogens is 1. The minimum atomic E-state index is -0.288. The van der Waals surface area contributed by atoms with Gasteiger partial charge in [-0.05, 0) is 31.2 Å². The summed E-state index contributed by atoms with van der Waals surface area (Å²) in [5.41, 5.74) is 0.948. The highest BCUT2D eigenvalue weighted by Gasteiger charge is 2.09. The highest BCUT2D eigenvalue weighted by Crippen LogP contribution is 2.26. The molecule has 0 spiro atoms. The van der Waals surface area contributed by atoms with Gasteiger partial charge in [0.15, 0.2) is 0 Å². The number of hydrogen-bond acceptors (Lipinski definition) is 3. The Morgan fingerprint density at radius 2 is 2.18 bits per heavy atom. The molecule has 0 unspecified atom stereocenters. The number of aromatic hydroxyl groups is 1. The molecule has 0 aliphatic heterocycles. The average molecular weight is 252 g/mol. The lowest BCUT2D eigenvalue weighted by molar-refractivity contribution is 0.102. The van der Waals surface area contributed by atoms with Crippen molar-refractivity contribution in [3.8, 4) is 5.75 Å². The van der Waals surface area contributed by atoms with Gasteiger partial charge in [-0.15, -0.1) is 0 Å². The zero-order chi connectivity index (χ0) is 12.4. The Hall–Kier alpha value is -1.94. The summed E-state index contributed by atoms with van der Waals surface area (Å²) in [6.45, 7) is 1.76. The molecule has 4 nitrogen and oxygen atoms in total. The van der Waals surface area contributed by atoms with Crippen LogP contribution in [0.5, 0.6) is 5.75 Å². The van der Waals surface area contributed by atoms with E-state index in [2.05, 4.69) is 5.32 Å². The molecule has 0 aliphatic carbocycles. The highest BCUT2D eigenvalue weighted by atomic mass is 35.5. The lowest BCUT2D eigenvalue weighted by Gasteiger charge is -2.04. The zero-order valence-corrected chi connectivity index (χ0v) is 9.78. The Kier molecular flexibility index (Phi) is 3.06. The van der Waals surface area contributed by atoms with Gasteiger partial charge in [0.25, 0.3) is 5.91 Å². The number of furan rings is 1. The van der Waals surface area contributed by atoms with Crippen molar-refractivity contribution in [2.24, 2.45) is 0 Å². The third-order valence-electron chi connectivity index (χ3n) is 2.20. The van der Waals surface area contributed by atoms with Crippen molar-refractivity contribution >= 4 is 23.2 Å². The van der Waals surface area contributed by atoms with E-state index in [0.717, 1.165) is 0 Å². The molecule has 2 aromatic rings. The van der Waals surface area contributed by atoms with Gasteiger partial charge >= 0.3 is 0 Å². The Balaban J connectivity index is 2.15. The number of carbonyl (C=O) groups is 1. The molecule has 1 aromatic carbocycles. The average Bonchev–Trinajstić information content (AvgIpc) is 2.70. The molecule has 1 aromatic heterocycles. The van der Waals surface area contributed by atoms with E-state index in [0.29, 0.717) is 17.0 Å². The molecular weight excluding hydrogens is 242 g/mol. The van der Waals surface area contributed by atoms with E-state index in [4.69, 9.17) is 16.0 Å². The molecule has 2 N–H and O–H groups in total. The summed E-state index contributed by atoms with van der Waals surface area (Å²) >= 11 is 5.73. The van der Waals surface area contributed by atoms with Gasteiger partial charge in [-0.1, -0.05) is 11.6 Å². The van der Waals surface area contributed by atoms with E-state index < -0.39 is 0 Å². The Morgan fingerprint density at radius 3 is 2.76 bits per heavy atom. The third-order valence-corrected chi connectivity index (χ3v) is 2.50. The first-order chi connectivity index (χ1) is 8.06. The first-order valence-corrected chi connectivity index (χ1v) is 5.29. The Bertz CT molecular complexity index is 563. The monoisotopic (exact) mass is 251 g/mol. The molecule has 0 bridgehead atoms. The molecule has 0 saturated heterocycles. The molecule has 1 heterocycles. The molecule has 2 rings (SSSR count). The molecule has 5 heteroatoms. The third kappa shape index (κ3) is 2.60. The minimum Gasteiger partial charge on any atom is -0.506 e. The molecule has 0 atom stereocenters. The van der Waals surface area contributed by atoms with Gasteiger partial charge < -0.3 is 14.8 Å². The number of benzene rings is 1. The van der Waals surface area contributed by atoms with Crippen LogP contribution in [0.1, 0.15) is 16.1 Å². The van der Waals surface area contributed by atoms with Crippen LogP contribution in [0.3, 0.4) is 0 Å². The quantitative estimate of drug-likeness (QED) is 0.806. The predicted octanol–water partition coefficient (Wildman–Crippen LogP) is 3.20. The second-order valence-corrected chi connectivity index (χ2v) is 3.97. The van der Waals surface area contributed by atoms with Gasteiger partial charge in [0.1, 0.15) is 17.8 Å². The summed E-state index contributed by atoms with van der Waals surface area (Å²) in [5, 5.41) is 12.1. The zero-order valence-electron chi connectivity index (χ0n) is 9.03. The van der Waals surface area contributed by atoms with Crippen molar-refractivity contribution in [3.63, 3.8) is 0 Å². The van der Waals surface area contributed by atoms with Crippen molar-refractivity contribution in [3.05, 3.63) is 46.9 Å². The fourth-order valence-electron chi connectivity index (χ4n) is 1.35. The molecule has 0 aliphatic rings. The van der Waals surface area contributed by atoms with Gasteiger partial charge in [-0.3, -0.25) is 4.79 Å². The minimum absolute atomic E-state index is 0.0242. The summed E-state index contributed by atoms with van der Waals surface area (Å²) < 4.78 is 5.04. The normalized spacial score (nSPS) is 10.2. The van der Waals surface area contributed by atoms with Crippen LogP contribution in [-0.2, 0) is 0 Å². The maximum absolute atomic E-state index is 11.7. The van der Waals surface area contributed by atoms with Gasteiger partial charge in [0, 0.05) is 5.69 Å². The lowest BCUT2D eigenvalue weighted by atomic mass is 10.2. The van der Waals surface area contributed by atoms with E-state index in [-0.39, 0.29) is 16.7 Å². The number of anilines is 1. The molecule has 17 heavy (non-hydrogen) atoms. The van der Waals surface area contributed by atoms with Crippen molar-refractivity contribution in [2.45, 2.75) is 6.92 Å². The van der Waals surface area contributed by atoms with Crippen LogP contribution in [0.15, 0.2) is 34.9 Å². The largest absolute Gasteiger partial charge is 0.506 e. The fraction of sp³-hybridized carbons (Fsp3) is 0.0833. The van der Waals surface area contributed by atoms with Crippen LogP contribution >= 0.6 is 11.6 Å². The molecule has 88 valence electrons. The first-order valence-electron chi connectivity index (χ1n) is 4.91. The van der Waals surface area contributed by atoms with Crippen molar-refractivity contribution < 1.29 is 14.3 Å². The molecule has 1 amide bonds. The maximum Gasteiger partial charge on any atom is 0.258 e. The van der Waals surface area contributed by atoms with E-state index in [9.17, 15) is 9.90 Å². The first kappa shape index (κ1) is 11.5. The van der Waals surface area contributed by atoms with Crippen LogP contribution in [0.2, 0.25) is 5.02 Å². The van der Waals surface area contributed by atoms with E-state index >= 15 is 0 Å². The van der Waals surface area contributed by atoms with Crippen molar-refractivity contribution in [2.75, 3.05) is 5.32 Å². The van der Waals surface area contributed by atoms with E-state index in [1.807, 2.05) is 0 Å². The predicted molar refractivity (Wildman–Crippen MR) is 64.5 cm³/mol. The highest BCUT2D eigenvalue weighted by molar-refractivity contribution is 6.32. The maximum atomic E-state index is 11.7. The summed E-state index contributed by atoms with van der Waals surface area (Å²) in [4.78, 5) is 11.7. The summed E-state index contributed by atoms with van der Waals surface area (Å²) in [7, 11) is 0. The lowest BCUT2D eigenvalue weighted by Crippen LogP contribution is -2.10. The summed E-state index contributed by atoms with van der Waals surface area (Å²) in [6, 6.07) is 6.09. The number of nitrogens with one attached hydrogen (secondary N) is 1. The topological polar surface area (TPSA) is 62.5 Å². The van der Waals surface area contributed by atoms with Crippen LogP contribution in [0, 0.1) is 6.92 Å². The summed E-state index contributed by atoms with van der Waals surface area (Å²) in [6.07, 6.45) is 1.38. The number of phenols is 1. The van der Waals surface area contributed by atoms with E-state index in [1.54, 1.807) is 19.1 Å². The number of carbonyl (C=O) groups excluding carboxylic acids is 1. The number of amides is 1. The molecular formula is C12H10ClNO3. The van der Waals surface area contributed by atoms with Crippen LogP contribution in [0.25, 0.3) is 0 Å². The molecule has 0 fully saturated rings. The van der Waals surface area contributed by atoms with Gasteiger partial charge in [-0.25, -0.2) is 0 Å². The summed E-state index contributed by atoms with van der Waals surface area (Å²) in [5.74, 6) is 0.353. The van der Waals surface area contributed by atoms with Gasteiger partial charge in [-0.2, -0.15) is 0 Å². The SMILES string of the molecule is Cc1cc(C(=O)Nc2ccc(O)c(Cl)c2)co1. The van der Waals surface area contributed by atoms with Gasteiger partial charge in [0.05, 0.1) is 10.6 Å². The van der Waals surface area contributed by atoms with E-state index in [1.165, 1.54) is 18.4 Å². The second-order valence-electron chi connectivity index (χ2n) is 3.57. The van der Waals surface area contributed by atoms with Crippen molar-refractivity contribution in [1.29, 1.82) is 0 Å². The smallest absolute Gasteiger partial charge is 0.258 e. The Labute approximate surface area is 103 Å². The number of aryl methyl sites for hydroxylation is 1. The fourth-order valence-corrected chi connectivity index (χ4v) is 1.53. The van der Waals surface area contributed by atoms with Gasteiger partial charge in [0.2, 0.25) is 0 Å². The van der Waals surface area contributed by atoms with Crippen LogP contribution < -0.4 is 5.32 Å². The van der Waals surface area contributed by atoms with Crippen LogP contribution in [0.4, 0.5) is 5.69 Å². The standard InChI is InChI=1S/C12H10ClNO3/c1-7-4-8(6-17-7)12(16)14-9-2-3-11(15)10(13)5-9/h2-6,15H,1H3,(H,14,16). The van der Waals surface area contributed by atoms with Crippen molar-refractivity contribution in [1.82, 2.24) is 0 Å². The number of phenolic OH excluding ortho intramolecular Hbond substituents is 1. The van der Waals surface area contributed by atoms with Crippen LogP contribution in [-0.4, -0.2) is 11.0 Å². The number of rotatable bonds is 2. The molecule has 0 saturated carbocycles. The Morgan fingerprint density at radius 1 is 1.41 bits per heavy atom. The second kappa shape index (κ2) is 4.51. The number of hydrogen-bond donors (Lipinski definition) is 2. The molecule has 0 radical (unpaired) electrons.